The lowest BCUT2D eigenvalue weighted by Gasteiger charge is -2.36. The first-order valence-corrected chi connectivity index (χ1v) is 17.1. The average Bonchev–Trinajstić information content (AvgIpc) is 3.25. The molecule has 2 aromatic heterocycles. The maximum Gasteiger partial charge on any atom is 0.250 e. The second-order valence-electron chi connectivity index (χ2n) is 12.2. The van der Waals surface area contributed by atoms with E-state index in [0.717, 1.165) is 53.9 Å². The Morgan fingerprint density at radius 2 is 1.95 bits per heavy atom. The van der Waals surface area contributed by atoms with Crippen LogP contribution in [0.25, 0.3) is 22.3 Å². The lowest BCUT2D eigenvalue weighted by atomic mass is 10.1. The molecule has 3 aromatic rings. The van der Waals surface area contributed by atoms with E-state index < -0.39 is 8.32 Å². The molecule has 0 saturated carbocycles. The molecule has 4 rings (SSSR count). The van der Waals surface area contributed by atoms with Crippen LogP contribution in [-0.4, -0.2) is 60.2 Å². The Morgan fingerprint density at radius 3 is 2.64 bits per heavy atom. The summed E-state index contributed by atoms with van der Waals surface area (Å²) >= 11 is 0. The molecule has 1 aliphatic heterocycles. The predicted octanol–water partition coefficient (Wildman–Crippen LogP) is 6.74. The van der Waals surface area contributed by atoms with E-state index in [1.807, 2.05) is 29.8 Å². The van der Waals surface area contributed by atoms with Gasteiger partial charge in [0.25, 0.3) is 0 Å². The van der Waals surface area contributed by atoms with Crippen LogP contribution >= 0.6 is 0 Å². The Bertz CT molecular complexity index is 1230. The largest absolute Gasteiger partial charge is 0.543 e. The topological polar surface area (TPSA) is 87.9 Å². The minimum Gasteiger partial charge on any atom is -0.543 e. The molecule has 3 atom stereocenters. The second-order valence-corrected chi connectivity index (χ2v) is 16.9. The van der Waals surface area contributed by atoms with Crippen LogP contribution in [0.3, 0.4) is 0 Å². The van der Waals surface area contributed by atoms with E-state index in [1.54, 1.807) is 6.92 Å². The Hall–Kier alpha value is -2.46. The zero-order chi connectivity index (χ0) is 28.2. The molecule has 1 fully saturated rings. The second kappa shape index (κ2) is 12.4. The van der Waals surface area contributed by atoms with Gasteiger partial charge in [-0.05, 0) is 81.9 Å². The van der Waals surface area contributed by atoms with Gasteiger partial charge in [-0.15, -0.1) is 0 Å². The van der Waals surface area contributed by atoms with Crippen molar-refractivity contribution >= 4 is 19.2 Å². The van der Waals surface area contributed by atoms with Crippen LogP contribution in [0.15, 0.2) is 36.4 Å². The molecule has 9 heteroatoms. The number of hydrogen-bond acceptors (Lipinski definition) is 7. The lowest BCUT2D eigenvalue weighted by molar-refractivity contribution is -0.0365. The van der Waals surface area contributed by atoms with Crippen molar-refractivity contribution in [1.82, 2.24) is 14.8 Å². The summed E-state index contributed by atoms with van der Waals surface area (Å²) in [4.78, 5) is 4.82. The maximum absolute atomic E-state index is 9.42. The van der Waals surface area contributed by atoms with Crippen molar-refractivity contribution in [2.24, 2.45) is 0 Å². The van der Waals surface area contributed by atoms with Gasteiger partial charge in [-0.1, -0.05) is 26.8 Å². The lowest BCUT2D eigenvalue weighted by Crippen LogP contribution is -2.43. The monoisotopic (exact) mass is 555 g/mol. The highest BCUT2D eigenvalue weighted by molar-refractivity contribution is 6.74. The number of nitrogens with zero attached hydrogens (tertiary/aromatic N) is 3. The van der Waals surface area contributed by atoms with Crippen molar-refractivity contribution in [3.05, 3.63) is 36.4 Å². The van der Waals surface area contributed by atoms with Crippen LogP contribution in [0.4, 0.5) is 0 Å². The average molecular weight is 556 g/mol. The molecule has 1 aliphatic rings. The van der Waals surface area contributed by atoms with E-state index in [9.17, 15) is 5.11 Å². The van der Waals surface area contributed by atoms with Crippen molar-refractivity contribution in [3.8, 4) is 23.0 Å². The van der Waals surface area contributed by atoms with E-state index in [0.29, 0.717) is 25.5 Å². The number of hydrogen-bond donors (Lipinski definition) is 1. The molecule has 0 radical (unpaired) electrons. The number of aromatic nitrogens is 3. The molecule has 1 N–H and O–H groups in total. The third-order valence-corrected chi connectivity index (χ3v) is 12.0. The van der Waals surface area contributed by atoms with Crippen molar-refractivity contribution in [1.29, 1.82) is 0 Å². The third-order valence-electron chi connectivity index (χ3n) is 7.61. The molecular weight excluding hydrogens is 510 g/mol. The molecular formula is C30H45N3O5Si. The van der Waals surface area contributed by atoms with Crippen LogP contribution in [0.2, 0.25) is 18.1 Å². The SMILES string of the molecule is C[C@H](COCC[C@@H](C)O)Oc1cccc(-c2nn(C3CCCCO3)c3ccc(O[Si](C)(C)C(C)(C)C)cc23)n1. The Labute approximate surface area is 233 Å². The molecule has 3 heterocycles. The van der Waals surface area contributed by atoms with Gasteiger partial charge in [-0.25, -0.2) is 9.67 Å². The Balaban J connectivity index is 1.64. The van der Waals surface area contributed by atoms with Gasteiger partial charge in [0.2, 0.25) is 14.2 Å². The van der Waals surface area contributed by atoms with E-state index in [2.05, 4.69) is 52.1 Å². The summed E-state index contributed by atoms with van der Waals surface area (Å²) in [6.45, 7) is 16.6. The van der Waals surface area contributed by atoms with Gasteiger partial charge in [0.05, 0.1) is 23.9 Å². The molecule has 1 unspecified atom stereocenters. The highest BCUT2D eigenvalue weighted by atomic mass is 28.4. The molecule has 1 saturated heterocycles. The van der Waals surface area contributed by atoms with Gasteiger partial charge >= 0.3 is 0 Å². The Kier molecular flexibility index (Phi) is 9.36. The number of aliphatic hydroxyl groups is 1. The smallest absolute Gasteiger partial charge is 0.250 e. The zero-order valence-electron chi connectivity index (χ0n) is 24.6. The quantitative estimate of drug-likeness (QED) is 0.207. The molecule has 0 bridgehead atoms. The summed E-state index contributed by atoms with van der Waals surface area (Å²) in [7, 11) is -2.02. The van der Waals surface area contributed by atoms with Crippen molar-refractivity contribution in [3.63, 3.8) is 0 Å². The van der Waals surface area contributed by atoms with Crippen molar-refractivity contribution in [2.75, 3.05) is 19.8 Å². The number of ether oxygens (including phenoxy) is 3. The zero-order valence-corrected chi connectivity index (χ0v) is 25.6. The number of pyridine rings is 1. The third kappa shape index (κ3) is 7.39. The summed E-state index contributed by atoms with van der Waals surface area (Å²) in [5.41, 5.74) is 2.53. The van der Waals surface area contributed by atoms with Crippen LogP contribution < -0.4 is 9.16 Å². The molecule has 39 heavy (non-hydrogen) atoms. The van der Waals surface area contributed by atoms with Crippen molar-refractivity contribution in [2.45, 2.75) is 96.9 Å². The van der Waals surface area contributed by atoms with Crippen LogP contribution in [0, 0.1) is 0 Å². The van der Waals surface area contributed by atoms with E-state index in [-0.39, 0.29) is 23.5 Å². The van der Waals surface area contributed by atoms with Crippen molar-refractivity contribution < 1.29 is 23.7 Å². The molecule has 0 aliphatic carbocycles. The van der Waals surface area contributed by atoms with Gasteiger partial charge in [0.1, 0.15) is 17.5 Å². The van der Waals surface area contributed by atoms with Crippen LogP contribution in [0.1, 0.15) is 66.5 Å². The minimum absolute atomic E-state index is 0.0921. The summed E-state index contributed by atoms with van der Waals surface area (Å²) in [6, 6.07) is 12.0. The first kappa shape index (κ1) is 29.5. The fraction of sp³-hybridized carbons (Fsp3) is 0.600. The highest BCUT2D eigenvalue weighted by Crippen LogP contribution is 2.39. The predicted molar refractivity (Wildman–Crippen MR) is 157 cm³/mol. The number of aliphatic hydroxyl groups excluding tert-OH is 1. The van der Waals surface area contributed by atoms with Gasteiger partial charge in [0.15, 0.2) is 6.23 Å². The van der Waals surface area contributed by atoms with Crippen LogP contribution in [0.5, 0.6) is 11.6 Å². The van der Waals surface area contributed by atoms with Gasteiger partial charge in [-0.3, -0.25) is 0 Å². The van der Waals surface area contributed by atoms with Crippen LogP contribution in [-0.2, 0) is 9.47 Å². The van der Waals surface area contributed by atoms with Gasteiger partial charge in [-0.2, -0.15) is 5.10 Å². The van der Waals surface area contributed by atoms with E-state index in [4.69, 9.17) is 28.7 Å². The Morgan fingerprint density at radius 1 is 1.15 bits per heavy atom. The summed E-state index contributed by atoms with van der Waals surface area (Å²) in [6.07, 6.45) is 3.07. The maximum atomic E-state index is 9.42. The normalized spacial score (nSPS) is 18.2. The number of rotatable bonds is 11. The summed E-state index contributed by atoms with van der Waals surface area (Å²) < 4.78 is 26.5. The molecule has 8 nitrogen and oxygen atoms in total. The number of fused-ring (bicyclic) bond motifs is 1. The fourth-order valence-electron chi connectivity index (χ4n) is 4.31. The summed E-state index contributed by atoms with van der Waals surface area (Å²) in [5, 5.41) is 15.5. The molecule has 1 aromatic carbocycles. The molecule has 0 spiro atoms. The standard InChI is InChI=1S/C30H45N3O5Si/c1-21(34)16-18-35-20-22(2)37-27-12-10-11-25(31-27)29-24-19-23(38-39(6,7)30(3,4)5)14-15-26(24)33(32-29)28-13-8-9-17-36-28/h10-12,14-15,19,21-22,28,34H,8-9,13,16-18,20H2,1-7H3/t21-,22-,28?/m1/s1. The fourth-order valence-corrected chi connectivity index (χ4v) is 5.33. The first-order chi connectivity index (χ1) is 18.4. The summed E-state index contributed by atoms with van der Waals surface area (Å²) in [5.74, 6) is 1.37. The van der Waals surface area contributed by atoms with Gasteiger partial charge < -0.3 is 23.7 Å². The van der Waals surface area contributed by atoms with Gasteiger partial charge in [0, 0.05) is 24.7 Å². The first-order valence-electron chi connectivity index (χ1n) is 14.2. The van der Waals surface area contributed by atoms with E-state index >= 15 is 0 Å². The highest BCUT2D eigenvalue weighted by Gasteiger charge is 2.39. The minimum atomic E-state index is -2.02. The molecule has 214 valence electrons. The van der Waals surface area contributed by atoms with E-state index in [1.165, 1.54) is 0 Å². The molecule has 0 amide bonds. The number of benzene rings is 1.